The van der Waals surface area contributed by atoms with Gasteiger partial charge in [-0.3, -0.25) is 9.69 Å². The molecular weight excluding hydrogens is 352 g/mol. The van der Waals surface area contributed by atoms with Gasteiger partial charge in [-0.2, -0.15) is 5.10 Å². The normalized spacial score (nSPS) is 15.9. The molecule has 1 amide bonds. The summed E-state index contributed by atoms with van der Waals surface area (Å²) in [6.45, 7) is 3.71. The minimum Gasteiger partial charge on any atom is -0.379 e. The van der Waals surface area contributed by atoms with E-state index in [1.807, 2.05) is 48.5 Å². The largest absolute Gasteiger partial charge is 0.379 e. The first-order chi connectivity index (χ1) is 13.8. The van der Waals surface area contributed by atoms with E-state index in [1.165, 1.54) is 5.56 Å². The first-order valence-corrected chi connectivity index (χ1v) is 9.56. The fourth-order valence-corrected chi connectivity index (χ4v) is 3.48. The zero-order valence-corrected chi connectivity index (χ0v) is 15.7. The van der Waals surface area contributed by atoms with Gasteiger partial charge in [0.25, 0.3) is 5.91 Å². The number of aromatic nitrogens is 2. The lowest BCUT2D eigenvalue weighted by atomic mass is 10.0. The second kappa shape index (κ2) is 8.82. The molecule has 1 aliphatic rings. The molecule has 144 valence electrons. The number of amides is 1. The fraction of sp³-hybridized carbons (Fsp3) is 0.273. The van der Waals surface area contributed by atoms with Crippen molar-refractivity contribution < 1.29 is 9.53 Å². The molecule has 0 spiro atoms. The van der Waals surface area contributed by atoms with Crippen LogP contribution in [0.5, 0.6) is 0 Å². The number of benzene rings is 2. The molecule has 6 heteroatoms. The molecule has 0 bridgehead atoms. The molecule has 1 aromatic heterocycles. The summed E-state index contributed by atoms with van der Waals surface area (Å²) >= 11 is 0. The van der Waals surface area contributed by atoms with Crippen molar-refractivity contribution in [3.8, 4) is 5.69 Å². The maximum Gasteiger partial charge on any atom is 0.254 e. The third-order valence-corrected chi connectivity index (χ3v) is 4.99. The first-order valence-electron chi connectivity index (χ1n) is 9.56. The Balaban J connectivity index is 1.45. The van der Waals surface area contributed by atoms with Crippen molar-refractivity contribution in [2.75, 3.05) is 32.8 Å². The first kappa shape index (κ1) is 18.4. The predicted molar refractivity (Wildman–Crippen MR) is 107 cm³/mol. The monoisotopic (exact) mass is 376 g/mol. The summed E-state index contributed by atoms with van der Waals surface area (Å²) in [5.41, 5.74) is 2.68. The number of nitrogens with one attached hydrogen (secondary N) is 1. The van der Waals surface area contributed by atoms with Gasteiger partial charge in [-0.25, -0.2) is 4.68 Å². The zero-order chi connectivity index (χ0) is 19.2. The van der Waals surface area contributed by atoms with Crippen molar-refractivity contribution in [1.29, 1.82) is 0 Å². The average Bonchev–Trinajstić information content (AvgIpc) is 3.26. The topological polar surface area (TPSA) is 59.4 Å². The van der Waals surface area contributed by atoms with Crippen molar-refractivity contribution in [3.05, 3.63) is 84.2 Å². The van der Waals surface area contributed by atoms with Crippen LogP contribution in [0.4, 0.5) is 0 Å². The summed E-state index contributed by atoms with van der Waals surface area (Å²) < 4.78 is 7.20. The molecule has 3 aromatic rings. The molecule has 1 aliphatic heterocycles. The van der Waals surface area contributed by atoms with Crippen molar-refractivity contribution >= 4 is 5.91 Å². The van der Waals surface area contributed by atoms with Crippen LogP contribution in [0.25, 0.3) is 5.69 Å². The lowest BCUT2D eigenvalue weighted by Crippen LogP contribution is -2.43. The molecule has 1 fully saturated rings. The van der Waals surface area contributed by atoms with Crippen LogP contribution in [0.2, 0.25) is 0 Å². The summed E-state index contributed by atoms with van der Waals surface area (Å²) in [5, 5.41) is 7.40. The highest BCUT2D eigenvalue weighted by molar-refractivity contribution is 5.93. The van der Waals surface area contributed by atoms with Gasteiger partial charge in [0, 0.05) is 25.8 Å². The number of para-hydroxylation sites is 1. The highest BCUT2D eigenvalue weighted by Crippen LogP contribution is 2.21. The molecule has 2 heterocycles. The third-order valence-electron chi connectivity index (χ3n) is 4.99. The van der Waals surface area contributed by atoms with Crippen molar-refractivity contribution in [2.45, 2.75) is 6.04 Å². The van der Waals surface area contributed by atoms with E-state index in [4.69, 9.17) is 4.74 Å². The van der Waals surface area contributed by atoms with E-state index in [1.54, 1.807) is 17.1 Å². The molecule has 1 saturated heterocycles. The van der Waals surface area contributed by atoms with Crippen molar-refractivity contribution in [2.24, 2.45) is 0 Å². The second-order valence-electron chi connectivity index (χ2n) is 6.79. The Morgan fingerprint density at radius 1 is 1.04 bits per heavy atom. The van der Waals surface area contributed by atoms with Gasteiger partial charge in [-0.05, 0) is 17.7 Å². The van der Waals surface area contributed by atoms with Gasteiger partial charge in [-0.1, -0.05) is 48.5 Å². The summed E-state index contributed by atoms with van der Waals surface area (Å²) in [4.78, 5) is 15.1. The Kier molecular flexibility index (Phi) is 5.80. The van der Waals surface area contributed by atoms with Gasteiger partial charge < -0.3 is 10.1 Å². The standard InChI is InChI=1S/C22H24N4O2/c27-22(19-15-24-26(17-19)20-9-5-2-6-10-20)23-16-21(18-7-3-1-4-8-18)25-11-13-28-14-12-25/h1-10,15,17,21H,11-14,16H2,(H,23,27). The van der Waals surface area contributed by atoms with Crippen LogP contribution in [0.3, 0.4) is 0 Å². The van der Waals surface area contributed by atoms with Crippen LogP contribution >= 0.6 is 0 Å². The molecular formula is C22H24N4O2. The highest BCUT2D eigenvalue weighted by Gasteiger charge is 2.23. The molecule has 1 unspecified atom stereocenters. The summed E-state index contributed by atoms with van der Waals surface area (Å²) in [5.74, 6) is -0.114. The Labute approximate surface area is 164 Å². The van der Waals surface area contributed by atoms with Crippen molar-refractivity contribution in [3.63, 3.8) is 0 Å². The second-order valence-corrected chi connectivity index (χ2v) is 6.79. The number of nitrogens with zero attached hydrogens (tertiary/aromatic N) is 3. The van der Waals surface area contributed by atoms with Crippen LogP contribution < -0.4 is 5.32 Å². The summed E-state index contributed by atoms with van der Waals surface area (Å²) in [7, 11) is 0. The molecule has 6 nitrogen and oxygen atoms in total. The van der Waals surface area contributed by atoms with E-state index >= 15 is 0 Å². The van der Waals surface area contributed by atoms with Crippen LogP contribution in [0, 0.1) is 0 Å². The molecule has 2 aromatic carbocycles. The van der Waals surface area contributed by atoms with Crippen LogP contribution in [0.15, 0.2) is 73.1 Å². The molecule has 1 atom stereocenters. The van der Waals surface area contributed by atoms with E-state index < -0.39 is 0 Å². The third kappa shape index (κ3) is 4.30. The zero-order valence-electron chi connectivity index (χ0n) is 15.7. The number of carbonyl (C=O) groups excluding carboxylic acids is 1. The van der Waals surface area contributed by atoms with Crippen LogP contribution in [-0.4, -0.2) is 53.4 Å². The molecule has 28 heavy (non-hydrogen) atoms. The number of ether oxygens (including phenoxy) is 1. The number of rotatable bonds is 6. The quantitative estimate of drug-likeness (QED) is 0.719. The van der Waals surface area contributed by atoms with Gasteiger partial charge >= 0.3 is 0 Å². The SMILES string of the molecule is O=C(NCC(c1ccccc1)N1CCOCC1)c1cnn(-c2ccccc2)c1. The lowest BCUT2D eigenvalue weighted by Gasteiger charge is -2.34. The maximum atomic E-state index is 12.7. The van der Waals surface area contributed by atoms with Gasteiger partial charge in [0.1, 0.15) is 0 Å². The minimum atomic E-state index is -0.114. The smallest absolute Gasteiger partial charge is 0.254 e. The number of carbonyl (C=O) groups is 1. The van der Waals surface area contributed by atoms with Gasteiger partial charge in [0.2, 0.25) is 0 Å². The number of morpholine rings is 1. The Hall–Kier alpha value is -2.96. The van der Waals surface area contributed by atoms with Crippen molar-refractivity contribution in [1.82, 2.24) is 20.0 Å². The van der Waals surface area contributed by atoms with E-state index in [0.29, 0.717) is 12.1 Å². The molecule has 1 N–H and O–H groups in total. The highest BCUT2D eigenvalue weighted by atomic mass is 16.5. The Morgan fingerprint density at radius 2 is 1.71 bits per heavy atom. The number of hydrogen-bond acceptors (Lipinski definition) is 4. The van der Waals surface area contributed by atoms with Gasteiger partial charge in [0.05, 0.1) is 36.7 Å². The molecule has 4 rings (SSSR count). The fourth-order valence-electron chi connectivity index (χ4n) is 3.48. The lowest BCUT2D eigenvalue weighted by molar-refractivity contribution is 0.0162. The van der Waals surface area contributed by atoms with Gasteiger partial charge in [0.15, 0.2) is 0 Å². The molecule has 0 aliphatic carbocycles. The number of hydrogen-bond donors (Lipinski definition) is 1. The van der Waals surface area contributed by atoms with E-state index in [9.17, 15) is 4.79 Å². The Bertz CT molecular complexity index is 889. The predicted octanol–water partition coefficient (Wildman–Crippen LogP) is 2.68. The average molecular weight is 376 g/mol. The molecule has 0 radical (unpaired) electrons. The summed E-state index contributed by atoms with van der Waals surface area (Å²) in [6.07, 6.45) is 3.37. The van der Waals surface area contributed by atoms with E-state index in [0.717, 1.165) is 32.0 Å². The Morgan fingerprint density at radius 3 is 2.43 bits per heavy atom. The maximum absolute atomic E-state index is 12.7. The van der Waals surface area contributed by atoms with Crippen LogP contribution in [0.1, 0.15) is 22.0 Å². The van der Waals surface area contributed by atoms with Crippen LogP contribution in [-0.2, 0) is 4.74 Å². The molecule has 0 saturated carbocycles. The van der Waals surface area contributed by atoms with Gasteiger partial charge in [-0.15, -0.1) is 0 Å². The van der Waals surface area contributed by atoms with E-state index in [2.05, 4.69) is 27.4 Å². The minimum absolute atomic E-state index is 0.114. The van der Waals surface area contributed by atoms with E-state index in [-0.39, 0.29) is 11.9 Å². The summed E-state index contributed by atoms with van der Waals surface area (Å²) in [6, 6.07) is 20.2.